The van der Waals surface area contributed by atoms with Crippen LogP contribution in [0, 0.1) is 0 Å². The highest BCUT2D eigenvalue weighted by molar-refractivity contribution is 5.96. The Labute approximate surface area is 188 Å². The highest BCUT2D eigenvalue weighted by atomic mass is 16.3. The first-order chi connectivity index (χ1) is 15.3. The predicted octanol–water partition coefficient (Wildman–Crippen LogP) is 2.43. The Hall–Kier alpha value is -2.64. The molecule has 1 aromatic rings. The van der Waals surface area contributed by atoms with Gasteiger partial charge in [0.1, 0.15) is 0 Å². The lowest BCUT2D eigenvalue weighted by molar-refractivity contribution is -0.160. The van der Waals surface area contributed by atoms with Crippen LogP contribution < -0.4 is 5.32 Å². The average molecular weight is 441 g/mol. The van der Waals surface area contributed by atoms with Crippen LogP contribution in [0.5, 0.6) is 11.5 Å². The number of aromatic hydroxyl groups is 2. The smallest absolute Gasteiger partial charge is 0.233 e. The van der Waals surface area contributed by atoms with Crippen LogP contribution in [0.1, 0.15) is 56.6 Å². The standard InChI is InChI=1S/C25H32N2O5/c1-3-5-7-21(30)27(20(29)6-4-2)17-10-11-25(32)19-14-16-8-9-18(28)23(31)22(16)24(25,15-17)12-13-26-19/h3-5,8-9,17,19,26,28,31-32H,2,6-7,10-15H2,1H3/b5-3-/t17?,19?,24-,25?/m1/s1. The molecule has 2 fully saturated rings. The summed E-state index contributed by atoms with van der Waals surface area (Å²) in [5.74, 6) is -0.999. The van der Waals surface area contributed by atoms with E-state index in [1.807, 2.05) is 6.92 Å². The number of nitrogens with one attached hydrogen (secondary N) is 1. The van der Waals surface area contributed by atoms with Crippen molar-refractivity contribution in [3.63, 3.8) is 0 Å². The van der Waals surface area contributed by atoms with Crippen LogP contribution in [0.2, 0.25) is 0 Å². The third-order valence-electron chi connectivity index (χ3n) is 7.69. The minimum absolute atomic E-state index is 0.0577. The minimum Gasteiger partial charge on any atom is -0.504 e. The molecule has 2 bridgehead atoms. The van der Waals surface area contributed by atoms with Crippen molar-refractivity contribution in [1.29, 1.82) is 0 Å². The van der Waals surface area contributed by atoms with Crippen molar-refractivity contribution in [2.75, 3.05) is 6.54 Å². The molecule has 3 unspecified atom stereocenters. The summed E-state index contributed by atoms with van der Waals surface area (Å²) in [5.41, 5.74) is -0.554. The highest BCUT2D eigenvalue weighted by Crippen LogP contribution is 2.60. The SMILES string of the molecule is C=CCC(=O)N(C(=O)C/C=C\C)C1CCC2(O)C3Cc4ccc(O)c(O)c4[C@@]2(CCN3)C1. The normalized spacial score (nSPS) is 30.9. The third kappa shape index (κ3) is 3.26. The second-order valence-electron chi connectivity index (χ2n) is 9.25. The van der Waals surface area contributed by atoms with Crippen molar-refractivity contribution in [3.05, 3.63) is 48.1 Å². The molecule has 0 spiro atoms. The number of piperidine rings is 1. The van der Waals surface area contributed by atoms with Crippen LogP contribution in [0.3, 0.4) is 0 Å². The fourth-order valence-electron chi connectivity index (χ4n) is 6.30. The van der Waals surface area contributed by atoms with Crippen LogP contribution in [0.25, 0.3) is 0 Å². The molecular weight excluding hydrogens is 408 g/mol. The maximum atomic E-state index is 13.1. The number of carbonyl (C=O) groups is 2. The molecule has 32 heavy (non-hydrogen) atoms. The Kier molecular flexibility index (Phi) is 5.90. The fourth-order valence-corrected chi connectivity index (χ4v) is 6.30. The molecule has 1 aliphatic heterocycles. The summed E-state index contributed by atoms with van der Waals surface area (Å²) in [6.07, 6.45) is 7.48. The zero-order chi connectivity index (χ0) is 23.1. The summed E-state index contributed by atoms with van der Waals surface area (Å²) in [6, 6.07) is 2.68. The molecule has 0 radical (unpaired) electrons. The number of carbonyl (C=O) groups excluding carboxylic acids is 2. The van der Waals surface area contributed by atoms with Crippen molar-refractivity contribution in [2.24, 2.45) is 0 Å². The van der Waals surface area contributed by atoms with Crippen molar-refractivity contribution >= 4 is 11.8 Å². The molecule has 172 valence electrons. The molecule has 1 aromatic carbocycles. The molecule has 4 N–H and O–H groups in total. The van der Waals surface area contributed by atoms with E-state index in [1.54, 1.807) is 18.2 Å². The lowest BCUT2D eigenvalue weighted by Crippen LogP contribution is -2.73. The average Bonchev–Trinajstić information content (AvgIpc) is 2.75. The molecule has 2 aliphatic carbocycles. The van der Waals surface area contributed by atoms with Gasteiger partial charge in [-0.1, -0.05) is 24.3 Å². The monoisotopic (exact) mass is 440 g/mol. The third-order valence-corrected chi connectivity index (χ3v) is 7.69. The van der Waals surface area contributed by atoms with Gasteiger partial charge in [0.2, 0.25) is 11.8 Å². The van der Waals surface area contributed by atoms with Gasteiger partial charge in [0.15, 0.2) is 11.5 Å². The number of imide groups is 1. The van der Waals surface area contributed by atoms with Crippen LogP contribution >= 0.6 is 0 Å². The first-order valence-corrected chi connectivity index (χ1v) is 11.4. The summed E-state index contributed by atoms with van der Waals surface area (Å²) in [4.78, 5) is 27.4. The maximum absolute atomic E-state index is 13.1. The van der Waals surface area contributed by atoms with E-state index in [9.17, 15) is 24.9 Å². The van der Waals surface area contributed by atoms with E-state index in [4.69, 9.17) is 0 Å². The Bertz CT molecular complexity index is 973. The van der Waals surface area contributed by atoms with E-state index in [1.165, 1.54) is 17.0 Å². The quantitative estimate of drug-likeness (QED) is 0.414. The van der Waals surface area contributed by atoms with Crippen LogP contribution in [-0.4, -0.2) is 56.3 Å². The van der Waals surface area contributed by atoms with E-state index in [0.717, 1.165) is 5.56 Å². The number of phenolic OH excluding ortho intramolecular Hbond substituents is 2. The number of hydrogen-bond acceptors (Lipinski definition) is 6. The number of amides is 2. The van der Waals surface area contributed by atoms with E-state index < -0.39 is 17.1 Å². The molecule has 1 saturated heterocycles. The molecule has 4 rings (SSSR count). The van der Waals surface area contributed by atoms with Crippen molar-refractivity contribution in [3.8, 4) is 11.5 Å². The first kappa shape index (κ1) is 22.6. The van der Waals surface area contributed by atoms with E-state index in [0.29, 0.717) is 44.2 Å². The summed E-state index contributed by atoms with van der Waals surface area (Å²) in [6.45, 7) is 6.11. The number of hydrogen-bond donors (Lipinski definition) is 4. The summed E-state index contributed by atoms with van der Waals surface area (Å²) < 4.78 is 0. The number of allylic oxidation sites excluding steroid dienone is 1. The van der Waals surface area contributed by atoms with Gasteiger partial charge in [-0.2, -0.15) is 0 Å². The fraction of sp³-hybridized carbons (Fsp3) is 0.520. The molecular formula is C25H32N2O5. The van der Waals surface area contributed by atoms with Crippen molar-refractivity contribution in [2.45, 2.75) is 75.0 Å². The molecule has 0 aromatic heterocycles. The lowest BCUT2D eigenvalue weighted by atomic mass is 9.49. The lowest BCUT2D eigenvalue weighted by Gasteiger charge is -2.62. The number of rotatable bonds is 5. The minimum atomic E-state index is -1.14. The van der Waals surface area contributed by atoms with Gasteiger partial charge in [-0.15, -0.1) is 6.58 Å². The zero-order valence-electron chi connectivity index (χ0n) is 18.5. The molecule has 3 aliphatic rings. The highest BCUT2D eigenvalue weighted by Gasteiger charge is 2.64. The van der Waals surface area contributed by atoms with Gasteiger partial charge in [-0.3, -0.25) is 14.5 Å². The summed E-state index contributed by atoms with van der Waals surface area (Å²) >= 11 is 0. The Balaban J connectivity index is 1.80. The second kappa shape index (κ2) is 8.37. The second-order valence-corrected chi connectivity index (χ2v) is 9.25. The molecule has 1 heterocycles. The maximum Gasteiger partial charge on any atom is 0.233 e. The van der Waals surface area contributed by atoms with Crippen LogP contribution in [0.4, 0.5) is 0 Å². The van der Waals surface area contributed by atoms with Crippen LogP contribution in [0.15, 0.2) is 36.9 Å². The van der Waals surface area contributed by atoms with Crippen molar-refractivity contribution in [1.82, 2.24) is 10.2 Å². The van der Waals surface area contributed by atoms with Gasteiger partial charge in [0, 0.05) is 35.9 Å². The number of nitrogens with zero attached hydrogens (tertiary/aromatic N) is 1. The van der Waals surface area contributed by atoms with Gasteiger partial charge >= 0.3 is 0 Å². The molecule has 4 atom stereocenters. The molecule has 7 nitrogen and oxygen atoms in total. The van der Waals surface area contributed by atoms with Gasteiger partial charge < -0.3 is 20.6 Å². The Morgan fingerprint density at radius 2 is 2.00 bits per heavy atom. The number of fused-ring (bicyclic) bond motifs is 1. The molecule has 1 saturated carbocycles. The van der Waals surface area contributed by atoms with E-state index in [-0.39, 0.29) is 42.2 Å². The van der Waals surface area contributed by atoms with E-state index >= 15 is 0 Å². The van der Waals surface area contributed by atoms with Gasteiger partial charge in [-0.25, -0.2) is 0 Å². The van der Waals surface area contributed by atoms with Crippen molar-refractivity contribution < 1.29 is 24.9 Å². The van der Waals surface area contributed by atoms with Gasteiger partial charge in [0.05, 0.1) is 5.60 Å². The van der Waals surface area contributed by atoms with Gasteiger partial charge in [-0.05, 0) is 57.2 Å². The van der Waals surface area contributed by atoms with Gasteiger partial charge in [0.25, 0.3) is 0 Å². The number of phenols is 2. The predicted molar refractivity (Wildman–Crippen MR) is 120 cm³/mol. The summed E-state index contributed by atoms with van der Waals surface area (Å²) in [5, 5.41) is 36.6. The summed E-state index contributed by atoms with van der Waals surface area (Å²) in [7, 11) is 0. The zero-order valence-corrected chi connectivity index (χ0v) is 18.5. The number of benzene rings is 1. The van der Waals surface area contributed by atoms with Crippen LogP contribution in [-0.2, 0) is 21.4 Å². The Morgan fingerprint density at radius 3 is 2.72 bits per heavy atom. The Morgan fingerprint density at radius 1 is 1.25 bits per heavy atom. The topological polar surface area (TPSA) is 110 Å². The first-order valence-electron chi connectivity index (χ1n) is 11.4. The largest absolute Gasteiger partial charge is 0.504 e. The number of aliphatic hydroxyl groups is 1. The molecule has 7 heteroatoms. The van der Waals surface area contributed by atoms with E-state index in [2.05, 4.69) is 11.9 Å². The molecule has 2 amide bonds.